The molecule has 4 nitrogen and oxygen atoms in total. The predicted molar refractivity (Wildman–Crippen MR) is 64.0 cm³/mol. The smallest absolute Gasteiger partial charge is 0.213 e. The zero-order chi connectivity index (χ0) is 11.8. The average molecular weight is 245 g/mol. The number of hydrogen-bond donors (Lipinski definition) is 1. The number of ether oxygens (including phenoxy) is 2. The van der Waals surface area contributed by atoms with Gasteiger partial charge in [-0.1, -0.05) is 18.5 Å². The maximum Gasteiger partial charge on any atom is 0.213 e. The average Bonchev–Trinajstić information content (AvgIpc) is 2.30. The lowest BCUT2D eigenvalue weighted by Crippen LogP contribution is -2.14. The Morgan fingerprint density at radius 1 is 1.38 bits per heavy atom. The van der Waals surface area contributed by atoms with Crippen LogP contribution in [0.25, 0.3) is 0 Å². The van der Waals surface area contributed by atoms with E-state index in [0.717, 1.165) is 12.2 Å². The van der Waals surface area contributed by atoms with Gasteiger partial charge < -0.3 is 14.8 Å². The van der Waals surface area contributed by atoms with Gasteiger partial charge in [0.05, 0.1) is 17.3 Å². The summed E-state index contributed by atoms with van der Waals surface area (Å²) >= 11 is 6.01. The number of methoxy groups -OCH3 is 1. The number of rotatable bonds is 7. The Balaban J connectivity index is 2.58. The van der Waals surface area contributed by atoms with Crippen molar-refractivity contribution in [1.29, 1.82) is 0 Å². The summed E-state index contributed by atoms with van der Waals surface area (Å²) in [5.41, 5.74) is 0.804. The molecule has 16 heavy (non-hydrogen) atoms. The molecule has 0 spiro atoms. The summed E-state index contributed by atoms with van der Waals surface area (Å²) in [5.74, 6) is 0.578. The van der Waals surface area contributed by atoms with Gasteiger partial charge in [0.25, 0.3) is 0 Å². The lowest BCUT2D eigenvalue weighted by molar-refractivity contribution is 0.143. The molecule has 0 radical (unpaired) electrons. The Hall–Kier alpha value is -0.840. The molecule has 0 aliphatic rings. The van der Waals surface area contributed by atoms with E-state index < -0.39 is 0 Å². The van der Waals surface area contributed by atoms with E-state index in [0.29, 0.717) is 30.7 Å². The summed E-state index contributed by atoms with van der Waals surface area (Å²) in [4.78, 5) is 4.31. The highest BCUT2D eigenvalue weighted by Gasteiger charge is 2.04. The molecule has 0 saturated carbocycles. The fraction of sp³-hybridized carbons (Fsp3) is 0.545. The first-order valence-corrected chi connectivity index (χ1v) is 5.63. The van der Waals surface area contributed by atoms with Gasteiger partial charge in [-0.3, -0.25) is 0 Å². The van der Waals surface area contributed by atoms with Crippen molar-refractivity contribution in [2.75, 3.05) is 26.9 Å². The number of nitrogens with zero attached hydrogens (tertiary/aromatic N) is 1. The van der Waals surface area contributed by atoms with Gasteiger partial charge in [-0.2, -0.15) is 0 Å². The third-order valence-corrected chi connectivity index (χ3v) is 2.32. The van der Waals surface area contributed by atoms with E-state index in [1.807, 2.05) is 6.92 Å². The summed E-state index contributed by atoms with van der Waals surface area (Å²) in [5, 5.41) is 3.83. The van der Waals surface area contributed by atoms with Crippen LogP contribution in [0.1, 0.15) is 12.6 Å². The number of aromatic nitrogens is 1. The van der Waals surface area contributed by atoms with Crippen molar-refractivity contribution in [3.05, 3.63) is 22.8 Å². The molecule has 0 fully saturated rings. The van der Waals surface area contributed by atoms with Gasteiger partial charge in [-0.15, -0.1) is 0 Å². The molecule has 90 valence electrons. The van der Waals surface area contributed by atoms with Gasteiger partial charge in [-0.25, -0.2) is 4.98 Å². The maximum atomic E-state index is 6.01. The molecule has 0 saturated heterocycles. The van der Waals surface area contributed by atoms with E-state index in [1.165, 1.54) is 0 Å². The molecule has 0 aliphatic heterocycles. The Kier molecular flexibility index (Phi) is 6.15. The molecule has 1 N–H and O–H groups in total. The normalized spacial score (nSPS) is 10.4. The van der Waals surface area contributed by atoms with Crippen LogP contribution in [-0.2, 0) is 11.3 Å². The van der Waals surface area contributed by atoms with Crippen LogP contribution in [0.5, 0.6) is 5.88 Å². The Bertz CT molecular complexity index is 321. The van der Waals surface area contributed by atoms with E-state index in [2.05, 4.69) is 10.3 Å². The van der Waals surface area contributed by atoms with Crippen LogP contribution in [0, 0.1) is 0 Å². The standard InChI is InChI=1S/C11H17ClN2O2/c1-3-13-8-10-9(12)4-5-11(14-10)16-7-6-15-2/h4-5,13H,3,6-8H2,1-2H3. The second-order valence-corrected chi connectivity index (χ2v) is 3.61. The third kappa shape index (κ3) is 4.35. The van der Waals surface area contributed by atoms with E-state index in [1.54, 1.807) is 19.2 Å². The van der Waals surface area contributed by atoms with Crippen molar-refractivity contribution in [3.63, 3.8) is 0 Å². The molecule has 5 heteroatoms. The van der Waals surface area contributed by atoms with Crippen LogP contribution in [0.4, 0.5) is 0 Å². The molecule has 1 aromatic heterocycles. The minimum Gasteiger partial charge on any atom is -0.475 e. The SMILES string of the molecule is CCNCc1nc(OCCOC)ccc1Cl. The summed E-state index contributed by atoms with van der Waals surface area (Å²) in [6, 6.07) is 3.55. The van der Waals surface area contributed by atoms with Gasteiger partial charge in [0.2, 0.25) is 5.88 Å². The number of pyridine rings is 1. The first kappa shape index (κ1) is 13.2. The van der Waals surface area contributed by atoms with Crippen molar-refractivity contribution < 1.29 is 9.47 Å². The molecular formula is C11H17ClN2O2. The van der Waals surface area contributed by atoms with Crippen molar-refractivity contribution in [3.8, 4) is 5.88 Å². The Morgan fingerprint density at radius 2 is 2.19 bits per heavy atom. The highest BCUT2D eigenvalue weighted by Crippen LogP contribution is 2.17. The molecule has 0 unspecified atom stereocenters. The van der Waals surface area contributed by atoms with Crippen LogP contribution in [0.2, 0.25) is 5.02 Å². The summed E-state index contributed by atoms with van der Waals surface area (Å²) in [6.07, 6.45) is 0. The van der Waals surface area contributed by atoms with Gasteiger partial charge >= 0.3 is 0 Å². The highest BCUT2D eigenvalue weighted by atomic mass is 35.5. The van der Waals surface area contributed by atoms with Crippen molar-refractivity contribution in [1.82, 2.24) is 10.3 Å². The molecule has 0 bridgehead atoms. The van der Waals surface area contributed by atoms with Crippen molar-refractivity contribution in [2.24, 2.45) is 0 Å². The number of hydrogen-bond acceptors (Lipinski definition) is 4. The Labute approximate surface area is 101 Å². The minimum atomic E-state index is 0.492. The second kappa shape index (κ2) is 7.44. The van der Waals surface area contributed by atoms with E-state index in [9.17, 15) is 0 Å². The quantitative estimate of drug-likeness (QED) is 0.744. The zero-order valence-corrected chi connectivity index (χ0v) is 10.4. The molecule has 0 amide bonds. The van der Waals surface area contributed by atoms with Crippen LogP contribution in [0.15, 0.2) is 12.1 Å². The second-order valence-electron chi connectivity index (χ2n) is 3.20. The fourth-order valence-corrected chi connectivity index (χ4v) is 1.31. The number of nitrogens with one attached hydrogen (secondary N) is 1. The van der Waals surface area contributed by atoms with E-state index in [4.69, 9.17) is 21.1 Å². The zero-order valence-electron chi connectivity index (χ0n) is 9.62. The van der Waals surface area contributed by atoms with Gasteiger partial charge in [-0.05, 0) is 12.6 Å². The maximum absolute atomic E-state index is 6.01. The summed E-state index contributed by atoms with van der Waals surface area (Å²) in [7, 11) is 1.63. The number of halogens is 1. The van der Waals surface area contributed by atoms with Crippen molar-refractivity contribution in [2.45, 2.75) is 13.5 Å². The van der Waals surface area contributed by atoms with Crippen LogP contribution >= 0.6 is 11.6 Å². The third-order valence-electron chi connectivity index (χ3n) is 1.97. The molecule has 0 aromatic carbocycles. The Morgan fingerprint density at radius 3 is 2.88 bits per heavy atom. The lowest BCUT2D eigenvalue weighted by Gasteiger charge is -2.08. The van der Waals surface area contributed by atoms with Crippen LogP contribution < -0.4 is 10.1 Å². The monoisotopic (exact) mass is 244 g/mol. The van der Waals surface area contributed by atoms with Crippen LogP contribution in [0.3, 0.4) is 0 Å². The molecule has 1 aromatic rings. The minimum absolute atomic E-state index is 0.492. The van der Waals surface area contributed by atoms with Crippen molar-refractivity contribution >= 4 is 11.6 Å². The molecule has 1 rings (SSSR count). The molecule has 1 heterocycles. The highest BCUT2D eigenvalue weighted by molar-refractivity contribution is 6.31. The molecule has 0 aliphatic carbocycles. The fourth-order valence-electron chi connectivity index (χ4n) is 1.14. The van der Waals surface area contributed by atoms with Gasteiger partial charge in [0.1, 0.15) is 6.61 Å². The van der Waals surface area contributed by atoms with Crippen LogP contribution in [-0.4, -0.2) is 31.9 Å². The summed E-state index contributed by atoms with van der Waals surface area (Å²) < 4.78 is 10.3. The largest absolute Gasteiger partial charge is 0.475 e. The first-order chi connectivity index (χ1) is 7.77. The van der Waals surface area contributed by atoms with E-state index in [-0.39, 0.29) is 0 Å². The van der Waals surface area contributed by atoms with Gasteiger partial charge in [0, 0.05) is 19.7 Å². The topological polar surface area (TPSA) is 43.4 Å². The first-order valence-electron chi connectivity index (χ1n) is 5.25. The van der Waals surface area contributed by atoms with E-state index >= 15 is 0 Å². The molecule has 0 atom stereocenters. The molecular weight excluding hydrogens is 228 g/mol. The summed E-state index contributed by atoms with van der Waals surface area (Å²) in [6.45, 7) is 4.61. The van der Waals surface area contributed by atoms with Gasteiger partial charge in [0.15, 0.2) is 0 Å². The lowest BCUT2D eigenvalue weighted by atomic mass is 10.3. The predicted octanol–water partition coefficient (Wildman–Crippen LogP) is 1.87.